The quantitative estimate of drug-likeness (QED) is 0.234. The van der Waals surface area contributed by atoms with Gasteiger partial charge in [0.05, 0.1) is 12.3 Å². The number of Topliss-reactive ketones (excluding diaryl/α,β-unsaturated/α-hetero) is 2. The number of aromatic nitrogens is 1. The number of benzene rings is 1. The number of carbonyl (C=O) groups is 4. The van der Waals surface area contributed by atoms with Crippen LogP contribution < -0.4 is 4.90 Å². The average Bonchev–Trinajstić information content (AvgIpc) is 3.44. The van der Waals surface area contributed by atoms with Crippen LogP contribution in [0.2, 0.25) is 0 Å². The van der Waals surface area contributed by atoms with Crippen molar-refractivity contribution in [3.05, 3.63) is 69.6 Å². The van der Waals surface area contributed by atoms with Gasteiger partial charge in [-0.05, 0) is 39.8 Å². The highest BCUT2D eigenvalue weighted by molar-refractivity contribution is 7.17. The first-order valence-corrected chi connectivity index (χ1v) is 11.2. The van der Waals surface area contributed by atoms with Crippen molar-refractivity contribution in [1.29, 1.82) is 0 Å². The van der Waals surface area contributed by atoms with E-state index in [1.165, 1.54) is 0 Å². The molecule has 1 aliphatic rings. The van der Waals surface area contributed by atoms with E-state index >= 15 is 0 Å². The van der Waals surface area contributed by atoms with E-state index in [2.05, 4.69) is 4.98 Å². The number of carbonyl (C=O) groups excluding carboxylic acids is 4. The minimum atomic E-state index is -1.30. The van der Waals surface area contributed by atoms with Crippen molar-refractivity contribution in [2.24, 2.45) is 5.92 Å². The highest BCUT2D eigenvalue weighted by Crippen LogP contribution is 2.43. The number of ether oxygens (including phenoxy) is 1. The Hall–Kier alpha value is -3.59. The molecule has 1 amide bonds. The number of rotatable bonds is 6. The van der Waals surface area contributed by atoms with Gasteiger partial charge in [-0.3, -0.25) is 19.3 Å². The topological polar surface area (TPSA) is 107 Å². The molecular formula is C24H22N2O6S. The number of esters is 1. The molecule has 170 valence electrons. The number of anilines is 1. The Morgan fingerprint density at radius 2 is 1.79 bits per heavy atom. The minimum absolute atomic E-state index is 0.132. The van der Waals surface area contributed by atoms with Crippen LogP contribution in [-0.4, -0.2) is 35.0 Å². The lowest BCUT2D eigenvalue weighted by atomic mass is 9.88. The van der Waals surface area contributed by atoms with Gasteiger partial charge in [0.15, 0.2) is 10.9 Å². The number of hydrogen-bond donors (Lipinski definition) is 0. The Kier molecular flexibility index (Phi) is 5.99. The van der Waals surface area contributed by atoms with Crippen LogP contribution in [0.3, 0.4) is 0 Å². The summed E-state index contributed by atoms with van der Waals surface area (Å²) in [6.45, 7) is 7.12. The van der Waals surface area contributed by atoms with E-state index in [0.29, 0.717) is 22.8 Å². The largest absolute Gasteiger partial charge is 0.464 e. The molecule has 3 aromatic rings. The lowest BCUT2D eigenvalue weighted by Gasteiger charge is -2.22. The molecule has 2 atom stereocenters. The maximum atomic E-state index is 13.4. The number of furan rings is 1. The third kappa shape index (κ3) is 4.00. The van der Waals surface area contributed by atoms with E-state index in [4.69, 9.17) is 9.15 Å². The predicted molar refractivity (Wildman–Crippen MR) is 120 cm³/mol. The number of ketones is 2. The zero-order chi connectivity index (χ0) is 23.9. The summed E-state index contributed by atoms with van der Waals surface area (Å²) in [7, 11) is 0. The van der Waals surface area contributed by atoms with Crippen molar-refractivity contribution in [3.8, 4) is 0 Å². The summed E-state index contributed by atoms with van der Waals surface area (Å²) >= 11 is 0.942. The summed E-state index contributed by atoms with van der Waals surface area (Å²) in [5.41, 5.74) is 1.66. The Morgan fingerprint density at radius 3 is 2.39 bits per heavy atom. The number of aryl methyl sites for hydroxylation is 3. The van der Waals surface area contributed by atoms with E-state index in [1.54, 1.807) is 57.2 Å². The summed E-state index contributed by atoms with van der Waals surface area (Å²) in [6, 6.07) is 9.13. The number of thiazole rings is 1. The first kappa shape index (κ1) is 22.6. The zero-order valence-electron chi connectivity index (χ0n) is 18.6. The molecule has 0 radical (unpaired) electrons. The Balaban J connectivity index is 1.81. The lowest BCUT2D eigenvalue weighted by Crippen LogP contribution is -2.30. The fourth-order valence-electron chi connectivity index (χ4n) is 3.81. The van der Waals surface area contributed by atoms with Crippen LogP contribution in [-0.2, 0) is 14.3 Å². The molecule has 1 aromatic carbocycles. The molecule has 0 aliphatic carbocycles. The van der Waals surface area contributed by atoms with Crippen LogP contribution in [0.4, 0.5) is 5.13 Å². The lowest BCUT2D eigenvalue weighted by molar-refractivity contribution is -0.135. The van der Waals surface area contributed by atoms with Crippen molar-refractivity contribution in [1.82, 2.24) is 4.98 Å². The van der Waals surface area contributed by atoms with Gasteiger partial charge in [-0.15, -0.1) is 0 Å². The van der Waals surface area contributed by atoms with Gasteiger partial charge in [0.2, 0.25) is 5.78 Å². The molecule has 0 saturated carbocycles. The van der Waals surface area contributed by atoms with Gasteiger partial charge in [-0.2, -0.15) is 0 Å². The van der Waals surface area contributed by atoms with E-state index in [0.717, 1.165) is 21.8 Å². The first-order chi connectivity index (χ1) is 15.7. The molecule has 2 aromatic heterocycles. The standard InChI is InChI=1S/C24H22N2O6S/c1-5-31-23(30)21-14(4)25-24(33-21)26-18(16-11-8-13(3)32-16)17(20(28)22(26)29)19(27)15-9-6-12(2)7-10-15/h6-11,17-18H,5H2,1-4H3. The molecule has 0 N–H and O–H groups in total. The van der Waals surface area contributed by atoms with Crippen LogP contribution >= 0.6 is 11.3 Å². The minimum Gasteiger partial charge on any atom is -0.464 e. The van der Waals surface area contributed by atoms with Crippen LogP contribution in [0.5, 0.6) is 0 Å². The second kappa shape index (κ2) is 8.74. The molecule has 33 heavy (non-hydrogen) atoms. The second-order valence-electron chi connectivity index (χ2n) is 7.77. The van der Waals surface area contributed by atoms with Gasteiger partial charge >= 0.3 is 5.97 Å². The third-order valence-corrected chi connectivity index (χ3v) is 6.57. The van der Waals surface area contributed by atoms with Crippen molar-refractivity contribution >= 4 is 39.9 Å². The Morgan fingerprint density at radius 1 is 1.09 bits per heavy atom. The number of amides is 1. The monoisotopic (exact) mass is 466 g/mol. The van der Waals surface area contributed by atoms with Crippen LogP contribution in [0.25, 0.3) is 0 Å². The smallest absolute Gasteiger partial charge is 0.350 e. The maximum Gasteiger partial charge on any atom is 0.350 e. The van der Waals surface area contributed by atoms with Gasteiger partial charge in [-0.1, -0.05) is 41.2 Å². The summed E-state index contributed by atoms with van der Waals surface area (Å²) < 4.78 is 10.8. The summed E-state index contributed by atoms with van der Waals surface area (Å²) in [5, 5.41) is 0.132. The molecule has 2 unspecified atom stereocenters. The molecule has 0 bridgehead atoms. The highest BCUT2D eigenvalue weighted by atomic mass is 32.1. The van der Waals surface area contributed by atoms with Crippen molar-refractivity contribution in [2.45, 2.75) is 33.7 Å². The van der Waals surface area contributed by atoms with E-state index in [-0.39, 0.29) is 16.6 Å². The van der Waals surface area contributed by atoms with Gasteiger partial charge in [0.1, 0.15) is 28.4 Å². The van der Waals surface area contributed by atoms with Crippen molar-refractivity contribution in [2.75, 3.05) is 11.5 Å². The average molecular weight is 467 g/mol. The summed E-state index contributed by atoms with van der Waals surface area (Å²) in [4.78, 5) is 57.7. The molecule has 8 nitrogen and oxygen atoms in total. The summed E-state index contributed by atoms with van der Waals surface area (Å²) in [6.07, 6.45) is 0. The summed E-state index contributed by atoms with van der Waals surface area (Å²) in [5.74, 6) is -3.19. The predicted octanol–water partition coefficient (Wildman–Crippen LogP) is 3.99. The van der Waals surface area contributed by atoms with Gasteiger partial charge in [0.25, 0.3) is 5.91 Å². The molecule has 4 rings (SSSR count). The van der Waals surface area contributed by atoms with Gasteiger partial charge < -0.3 is 9.15 Å². The van der Waals surface area contributed by atoms with Gasteiger partial charge in [-0.25, -0.2) is 9.78 Å². The van der Waals surface area contributed by atoms with Crippen molar-refractivity contribution < 1.29 is 28.3 Å². The number of nitrogens with zero attached hydrogens (tertiary/aromatic N) is 2. The maximum absolute atomic E-state index is 13.4. The van der Waals surface area contributed by atoms with Gasteiger partial charge in [0, 0.05) is 5.56 Å². The molecule has 1 saturated heterocycles. The highest BCUT2D eigenvalue weighted by Gasteiger charge is 2.54. The molecule has 9 heteroatoms. The molecule has 0 spiro atoms. The van der Waals surface area contributed by atoms with Crippen molar-refractivity contribution in [3.63, 3.8) is 0 Å². The fourth-order valence-corrected chi connectivity index (χ4v) is 4.81. The van der Waals surface area contributed by atoms with Crippen LogP contribution in [0.15, 0.2) is 40.8 Å². The number of hydrogen-bond acceptors (Lipinski definition) is 8. The molecule has 3 heterocycles. The van der Waals surface area contributed by atoms with E-state index < -0.39 is 35.4 Å². The zero-order valence-corrected chi connectivity index (χ0v) is 19.4. The fraction of sp³-hybridized carbons (Fsp3) is 0.292. The normalized spacial score (nSPS) is 18.1. The van der Waals surface area contributed by atoms with E-state index in [1.807, 2.05) is 6.92 Å². The molecular weight excluding hydrogens is 444 g/mol. The van der Waals surface area contributed by atoms with E-state index in [9.17, 15) is 19.2 Å². The SMILES string of the molecule is CCOC(=O)c1sc(N2C(=O)C(=O)C(C(=O)c3ccc(C)cc3)C2c2ccc(C)o2)nc1C. The molecule has 1 fully saturated rings. The first-order valence-electron chi connectivity index (χ1n) is 10.4. The Bertz CT molecular complexity index is 1260. The van der Waals surface area contributed by atoms with Crippen LogP contribution in [0, 0.1) is 26.7 Å². The van der Waals surface area contributed by atoms with Crippen LogP contribution in [0.1, 0.15) is 55.8 Å². The Labute approximate surface area is 194 Å². The molecule has 1 aliphatic heterocycles. The second-order valence-corrected chi connectivity index (χ2v) is 8.75. The third-order valence-electron chi connectivity index (χ3n) is 5.43.